The first-order valence-corrected chi connectivity index (χ1v) is 7.14. The molecular weight excluding hydrogens is 231 g/mol. The summed E-state index contributed by atoms with van der Waals surface area (Å²) in [5.41, 5.74) is 6.77. The Labute approximate surface area is 108 Å². The molecule has 0 aromatic rings. The molecule has 0 aliphatic carbocycles. The summed E-state index contributed by atoms with van der Waals surface area (Å²) in [7, 11) is 2.22. The van der Waals surface area contributed by atoms with E-state index in [2.05, 4.69) is 21.1 Å². The molecule has 4 heteroatoms. The Morgan fingerprint density at radius 3 is 2.35 bits per heavy atom. The quantitative estimate of drug-likeness (QED) is 0.418. The van der Waals surface area contributed by atoms with Crippen LogP contribution < -0.4 is 11.1 Å². The Hall–Kier alpha value is -0.400. The highest BCUT2D eigenvalue weighted by atomic mass is 31.0. The van der Waals surface area contributed by atoms with Crippen LogP contribution in [0.4, 0.5) is 0 Å². The molecule has 0 bridgehead atoms. The van der Waals surface area contributed by atoms with Gasteiger partial charge in [0.05, 0.1) is 0 Å². The summed E-state index contributed by atoms with van der Waals surface area (Å²) in [5, 5.41) is 3.33. The van der Waals surface area contributed by atoms with E-state index < -0.39 is 0 Å². The fourth-order valence-corrected chi connectivity index (χ4v) is 1.82. The lowest BCUT2D eigenvalue weighted by Crippen LogP contribution is -2.14. The molecule has 0 spiro atoms. The average Bonchev–Trinajstić information content (AvgIpc) is 2.29. The summed E-state index contributed by atoms with van der Waals surface area (Å²) in [6.07, 6.45) is 8.41. The van der Waals surface area contributed by atoms with E-state index in [1.165, 1.54) is 12.8 Å². The maximum atomic E-state index is 10.7. The molecule has 0 saturated carbocycles. The summed E-state index contributed by atoms with van der Waals surface area (Å²) >= 11 is 0. The molecule has 1 atom stereocenters. The zero-order chi connectivity index (χ0) is 12.9. The van der Waals surface area contributed by atoms with Gasteiger partial charge in [-0.05, 0) is 38.6 Å². The Morgan fingerprint density at radius 1 is 1.06 bits per heavy atom. The number of carbonyl (C=O) groups excluding carboxylic acids is 1. The summed E-state index contributed by atoms with van der Waals surface area (Å²) in [6, 6.07) is 0. The van der Waals surface area contributed by atoms with E-state index in [0.29, 0.717) is 6.42 Å². The van der Waals surface area contributed by atoms with Gasteiger partial charge in [-0.25, -0.2) is 0 Å². The van der Waals surface area contributed by atoms with Crippen LogP contribution in [-0.4, -0.2) is 18.6 Å². The molecule has 0 aliphatic heterocycles. The van der Waals surface area contributed by atoms with E-state index in [4.69, 9.17) is 5.73 Å². The molecule has 0 aromatic carbocycles. The zero-order valence-electron chi connectivity index (χ0n) is 10.8. The van der Waals surface area contributed by atoms with Crippen molar-refractivity contribution < 1.29 is 4.79 Å². The maximum absolute atomic E-state index is 10.7. The second kappa shape index (κ2) is 12.1. The number of unbranched alkanes of at least 4 members (excludes halogenated alkanes) is 4. The molecule has 0 rings (SSSR count). The maximum Gasteiger partial charge on any atom is 0.148 e. The molecule has 0 aromatic heterocycles. The highest BCUT2D eigenvalue weighted by Crippen LogP contribution is 2.06. The van der Waals surface area contributed by atoms with Gasteiger partial charge in [-0.2, -0.15) is 0 Å². The third kappa shape index (κ3) is 13.5. The number of carbonyl (C=O) groups is 1. The summed E-state index contributed by atoms with van der Waals surface area (Å²) in [6.45, 7) is 5.76. The van der Waals surface area contributed by atoms with Gasteiger partial charge in [-0.3, -0.25) is 4.79 Å². The van der Waals surface area contributed by atoms with Gasteiger partial charge in [-0.1, -0.05) is 28.7 Å². The molecule has 0 fully saturated rings. The van der Waals surface area contributed by atoms with Crippen LogP contribution >= 0.6 is 9.24 Å². The van der Waals surface area contributed by atoms with Crippen LogP contribution in [-0.2, 0) is 4.79 Å². The number of hydrogen-bond donors (Lipinski definition) is 2. The lowest BCUT2D eigenvalue weighted by atomic mass is 10.1. The van der Waals surface area contributed by atoms with Gasteiger partial charge >= 0.3 is 0 Å². The second-order valence-corrected chi connectivity index (χ2v) is 5.05. The average molecular weight is 258 g/mol. The third-order valence-electron chi connectivity index (χ3n) is 2.66. The van der Waals surface area contributed by atoms with Crippen LogP contribution in [0.1, 0.15) is 51.4 Å². The topological polar surface area (TPSA) is 55.1 Å². The lowest BCUT2D eigenvalue weighted by molar-refractivity contribution is -0.111. The van der Waals surface area contributed by atoms with E-state index in [0.717, 1.165) is 50.9 Å². The van der Waals surface area contributed by atoms with E-state index in [-0.39, 0.29) is 5.52 Å². The van der Waals surface area contributed by atoms with Gasteiger partial charge in [0.1, 0.15) is 5.52 Å². The first-order valence-electron chi connectivity index (χ1n) is 6.57. The van der Waals surface area contributed by atoms with E-state index >= 15 is 0 Å². The van der Waals surface area contributed by atoms with Crippen molar-refractivity contribution in [2.24, 2.45) is 5.73 Å². The largest absolute Gasteiger partial charge is 0.389 e. The predicted molar refractivity (Wildman–Crippen MR) is 77.9 cm³/mol. The predicted octanol–water partition coefficient (Wildman–Crippen LogP) is 2.57. The number of rotatable bonds is 12. The van der Waals surface area contributed by atoms with Crippen molar-refractivity contribution in [1.82, 2.24) is 5.32 Å². The highest BCUT2D eigenvalue weighted by Gasteiger charge is 1.96. The minimum absolute atomic E-state index is 0.210. The monoisotopic (exact) mass is 258 g/mol. The normalized spacial score (nSPS) is 10.2. The summed E-state index contributed by atoms with van der Waals surface area (Å²) in [5.74, 6) is 0. The van der Waals surface area contributed by atoms with Crippen LogP contribution in [0.15, 0.2) is 12.3 Å². The van der Waals surface area contributed by atoms with E-state index in [1.54, 1.807) is 0 Å². The summed E-state index contributed by atoms with van der Waals surface area (Å²) < 4.78 is 0. The van der Waals surface area contributed by atoms with Gasteiger partial charge in [-0.15, -0.1) is 0 Å². The van der Waals surface area contributed by atoms with Crippen molar-refractivity contribution >= 4 is 14.8 Å². The zero-order valence-corrected chi connectivity index (χ0v) is 12.0. The van der Waals surface area contributed by atoms with Crippen molar-refractivity contribution in [3.63, 3.8) is 0 Å². The molecule has 100 valence electrons. The SMILES string of the molecule is C=C(CCCCCN)NCCCCCC(=O)P. The van der Waals surface area contributed by atoms with E-state index in [9.17, 15) is 4.79 Å². The third-order valence-corrected chi connectivity index (χ3v) is 2.95. The van der Waals surface area contributed by atoms with E-state index in [1.807, 2.05) is 0 Å². The van der Waals surface area contributed by atoms with Gasteiger partial charge in [0.25, 0.3) is 0 Å². The molecular formula is C13H27N2OP. The van der Waals surface area contributed by atoms with Crippen LogP contribution in [0.3, 0.4) is 0 Å². The molecule has 3 N–H and O–H groups in total. The Balaban J connectivity index is 3.19. The molecule has 0 saturated heterocycles. The van der Waals surface area contributed by atoms with Gasteiger partial charge in [0.2, 0.25) is 0 Å². The minimum atomic E-state index is 0.210. The molecule has 0 aliphatic rings. The Morgan fingerprint density at radius 2 is 1.71 bits per heavy atom. The molecule has 1 unspecified atom stereocenters. The fraction of sp³-hybridized carbons (Fsp3) is 0.769. The smallest absolute Gasteiger partial charge is 0.148 e. The molecule has 0 radical (unpaired) electrons. The number of nitrogens with one attached hydrogen (secondary N) is 1. The fourth-order valence-electron chi connectivity index (χ4n) is 1.61. The summed E-state index contributed by atoms with van der Waals surface area (Å²) in [4.78, 5) is 10.7. The molecule has 3 nitrogen and oxygen atoms in total. The molecule has 17 heavy (non-hydrogen) atoms. The molecule has 0 heterocycles. The highest BCUT2D eigenvalue weighted by molar-refractivity contribution is 7.40. The Kier molecular flexibility index (Phi) is 11.8. The standard InChI is InChI=1S/C13H27N2OP/c1-12(8-4-2-6-10-14)15-11-7-3-5-9-13(16)17/h15H,1-11,14,17H2. The van der Waals surface area contributed by atoms with Crippen LogP contribution in [0.5, 0.6) is 0 Å². The number of hydrogen-bond acceptors (Lipinski definition) is 3. The Bertz CT molecular complexity index is 219. The molecule has 0 amide bonds. The minimum Gasteiger partial charge on any atom is -0.389 e. The van der Waals surface area contributed by atoms with Crippen molar-refractivity contribution in [2.75, 3.05) is 13.1 Å². The van der Waals surface area contributed by atoms with Crippen molar-refractivity contribution in [3.05, 3.63) is 12.3 Å². The number of nitrogens with two attached hydrogens (primary N) is 1. The van der Waals surface area contributed by atoms with Gasteiger partial charge in [0, 0.05) is 18.7 Å². The van der Waals surface area contributed by atoms with Crippen LogP contribution in [0, 0.1) is 0 Å². The van der Waals surface area contributed by atoms with Crippen molar-refractivity contribution in [2.45, 2.75) is 51.4 Å². The first kappa shape index (κ1) is 16.6. The first-order chi connectivity index (χ1) is 8.16. The van der Waals surface area contributed by atoms with Gasteiger partial charge in [0.15, 0.2) is 0 Å². The van der Waals surface area contributed by atoms with Crippen molar-refractivity contribution in [3.8, 4) is 0 Å². The second-order valence-electron chi connectivity index (χ2n) is 4.41. The van der Waals surface area contributed by atoms with Crippen LogP contribution in [0.25, 0.3) is 0 Å². The lowest BCUT2D eigenvalue weighted by Gasteiger charge is -2.09. The van der Waals surface area contributed by atoms with Crippen molar-refractivity contribution in [1.29, 1.82) is 0 Å². The van der Waals surface area contributed by atoms with Gasteiger partial charge < -0.3 is 11.1 Å². The van der Waals surface area contributed by atoms with Crippen LogP contribution in [0.2, 0.25) is 0 Å². The number of allylic oxidation sites excluding steroid dienone is 1.